The Bertz CT molecular complexity index is 1050. The van der Waals surface area contributed by atoms with Gasteiger partial charge >= 0.3 is 0 Å². The Morgan fingerprint density at radius 1 is 1.24 bits per heavy atom. The van der Waals surface area contributed by atoms with Crippen molar-refractivity contribution in [3.05, 3.63) is 58.3 Å². The molecule has 2 aromatic heterocycles. The number of benzene rings is 1. The van der Waals surface area contributed by atoms with Gasteiger partial charge in [0.05, 0.1) is 18.8 Å². The van der Waals surface area contributed by atoms with E-state index in [9.17, 15) is 4.79 Å². The lowest BCUT2D eigenvalue weighted by molar-refractivity contribution is 0.194. The first-order chi connectivity index (χ1) is 14.2. The molecule has 0 saturated carbocycles. The molecule has 4 heterocycles. The van der Waals surface area contributed by atoms with Crippen LogP contribution in [-0.2, 0) is 6.54 Å². The van der Waals surface area contributed by atoms with E-state index in [0.29, 0.717) is 23.0 Å². The summed E-state index contributed by atoms with van der Waals surface area (Å²) >= 11 is 0. The Hall–Kier alpha value is -2.51. The summed E-state index contributed by atoms with van der Waals surface area (Å²) in [6, 6.07) is 10.3. The van der Waals surface area contributed by atoms with Crippen molar-refractivity contribution >= 4 is 11.0 Å². The molecular weight excluding hydrogens is 364 g/mol. The Balaban J connectivity index is 1.57. The van der Waals surface area contributed by atoms with Crippen LogP contribution in [0.25, 0.3) is 11.0 Å². The monoisotopic (exact) mass is 392 g/mol. The van der Waals surface area contributed by atoms with Crippen molar-refractivity contribution in [2.24, 2.45) is 5.41 Å². The molecule has 2 saturated heterocycles. The molecule has 7 heteroatoms. The van der Waals surface area contributed by atoms with Crippen molar-refractivity contribution in [2.45, 2.75) is 38.8 Å². The molecule has 2 fully saturated rings. The van der Waals surface area contributed by atoms with E-state index < -0.39 is 0 Å². The molecule has 5 rings (SSSR count). The van der Waals surface area contributed by atoms with Crippen LogP contribution in [0, 0.1) is 5.41 Å². The first-order valence-electron chi connectivity index (χ1n) is 10.6. The maximum atomic E-state index is 13.3. The highest BCUT2D eigenvalue weighted by Gasteiger charge is 2.43. The Kier molecular flexibility index (Phi) is 4.72. The van der Waals surface area contributed by atoms with E-state index in [4.69, 9.17) is 4.98 Å². The van der Waals surface area contributed by atoms with E-state index in [1.807, 2.05) is 22.8 Å². The van der Waals surface area contributed by atoms with Crippen molar-refractivity contribution in [1.29, 1.82) is 0 Å². The van der Waals surface area contributed by atoms with E-state index in [0.717, 1.165) is 44.0 Å². The maximum absolute atomic E-state index is 13.3. The molecule has 2 aliphatic rings. The van der Waals surface area contributed by atoms with E-state index in [1.54, 1.807) is 6.20 Å². The fraction of sp³-hybridized carbons (Fsp3) is 0.500. The average molecular weight is 393 g/mol. The zero-order valence-corrected chi connectivity index (χ0v) is 16.9. The molecule has 2 unspecified atom stereocenters. The average Bonchev–Trinajstić information content (AvgIpc) is 3.49. The molecule has 2 N–H and O–H groups in total. The number of hydrogen-bond donors (Lipinski definition) is 2. The number of rotatable bonds is 5. The van der Waals surface area contributed by atoms with Crippen LogP contribution >= 0.6 is 0 Å². The van der Waals surface area contributed by atoms with Crippen LogP contribution in [0.4, 0.5) is 0 Å². The molecule has 152 valence electrons. The number of nitrogens with zero attached hydrogens (tertiary/aromatic N) is 4. The second-order valence-electron chi connectivity index (χ2n) is 8.55. The fourth-order valence-electron chi connectivity index (χ4n) is 5.10. The highest BCUT2D eigenvalue weighted by molar-refractivity contribution is 5.72. The van der Waals surface area contributed by atoms with Gasteiger partial charge in [0, 0.05) is 13.1 Å². The highest BCUT2D eigenvalue weighted by Crippen LogP contribution is 2.40. The zero-order chi connectivity index (χ0) is 19.8. The van der Waals surface area contributed by atoms with Gasteiger partial charge in [-0.05, 0) is 43.3 Å². The molecule has 0 aliphatic carbocycles. The van der Waals surface area contributed by atoms with Crippen LogP contribution in [0.5, 0.6) is 0 Å². The third-order valence-electron chi connectivity index (χ3n) is 6.71. The number of fused-ring (bicyclic) bond motifs is 1. The van der Waals surface area contributed by atoms with Gasteiger partial charge in [0.15, 0.2) is 5.65 Å². The lowest BCUT2D eigenvalue weighted by Crippen LogP contribution is -2.36. The summed E-state index contributed by atoms with van der Waals surface area (Å²) in [4.78, 5) is 20.8. The molecule has 2 aliphatic heterocycles. The number of nitrogens with one attached hydrogen (secondary N) is 2. The van der Waals surface area contributed by atoms with Crippen molar-refractivity contribution in [2.75, 3.05) is 26.2 Å². The normalized spacial score (nSPS) is 23.3. The van der Waals surface area contributed by atoms with Gasteiger partial charge in [0.25, 0.3) is 5.56 Å². The third-order valence-corrected chi connectivity index (χ3v) is 6.71. The number of aromatic amines is 1. The van der Waals surface area contributed by atoms with Gasteiger partial charge < -0.3 is 5.32 Å². The Labute approximate surface area is 170 Å². The van der Waals surface area contributed by atoms with Crippen molar-refractivity contribution < 1.29 is 0 Å². The molecule has 1 spiro atoms. The second-order valence-corrected chi connectivity index (χ2v) is 8.55. The summed E-state index contributed by atoms with van der Waals surface area (Å²) < 4.78 is 1.86. The minimum Gasteiger partial charge on any atom is -0.316 e. The van der Waals surface area contributed by atoms with Gasteiger partial charge in [0.1, 0.15) is 11.2 Å². The van der Waals surface area contributed by atoms with Crippen LogP contribution in [0.2, 0.25) is 0 Å². The van der Waals surface area contributed by atoms with Crippen molar-refractivity contribution in [3.8, 4) is 0 Å². The Morgan fingerprint density at radius 3 is 2.86 bits per heavy atom. The van der Waals surface area contributed by atoms with Crippen LogP contribution in [-0.4, -0.2) is 50.8 Å². The molecule has 0 bridgehead atoms. The van der Waals surface area contributed by atoms with Crippen LogP contribution in [0.1, 0.15) is 43.6 Å². The van der Waals surface area contributed by atoms with Gasteiger partial charge in [0.2, 0.25) is 0 Å². The van der Waals surface area contributed by atoms with Gasteiger partial charge in [-0.25, -0.2) is 4.98 Å². The fourth-order valence-corrected chi connectivity index (χ4v) is 5.10. The number of hydrogen-bond acceptors (Lipinski definition) is 5. The van der Waals surface area contributed by atoms with Crippen molar-refractivity contribution in [1.82, 2.24) is 30.0 Å². The molecule has 0 amide bonds. The van der Waals surface area contributed by atoms with Crippen molar-refractivity contribution in [3.63, 3.8) is 0 Å². The maximum Gasteiger partial charge on any atom is 0.265 e. The third kappa shape index (κ3) is 3.28. The molecule has 29 heavy (non-hydrogen) atoms. The van der Waals surface area contributed by atoms with Gasteiger partial charge in [-0.15, -0.1) is 0 Å². The topological polar surface area (TPSA) is 78.8 Å². The van der Waals surface area contributed by atoms with Gasteiger partial charge in [-0.2, -0.15) is 5.10 Å². The lowest BCUT2D eigenvalue weighted by Gasteiger charge is -2.30. The summed E-state index contributed by atoms with van der Waals surface area (Å²) in [6.07, 6.45) is 4.96. The first-order valence-corrected chi connectivity index (χ1v) is 10.6. The predicted octanol–water partition coefficient (Wildman–Crippen LogP) is 2.30. The SMILES string of the molecule is CCC(c1nc2[nH]ncc2c(=O)n1Cc1ccccc1)N1CCC2(CCNC2)C1. The number of H-pyrrole nitrogens is 1. The largest absolute Gasteiger partial charge is 0.316 e. The van der Waals surface area contributed by atoms with Gasteiger partial charge in [-0.1, -0.05) is 37.3 Å². The highest BCUT2D eigenvalue weighted by atomic mass is 16.1. The molecule has 0 radical (unpaired) electrons. The standard InChI is InChI=1S/C22H28N6O/c1-2-18(27-11-9-22(15-27)8-10-23-14-22)20-25-19-17(12-24-26-19)21(29)28(20)13-16-6-4-3-5-7-16/h3-7,12,18,23H,2,8-11,13-15H2,1H3,(H,24,26). The number of likely N-dealkylation sites (tertiary alicyclic amines) is 1. The summed E-state index contributed by atoms with van der Waals surface area (Å²) in [5.74, 6) is 0.848. The first kappa shape index (κ1) is 18.5. The molecular formula is C22H28N6O. The predicted molar refractivity (Wildman–Crippen MR) is 113 cm³/mol. The summed E-state index contributed by atoms with van der Waals surface area (Å²) in [5, 5.41) is 11.1. The zero-order valence-electron chi connectivity index (χ0n) is 16.9. The van der Waals surface area contributed by atoms with Crippen LogP contribution in [0.15, 0.2) is 41.3 Å². The minimum atomic E-state index is -0.0162. The van der Waals surface area contributed by atoms with E-state index in [-0.39, 0.29) is 11.6 Å². The van der Waals surface area contributed by atoms with Crippen LogP contribution < -0.4 is 10.9 Å². The van der Waals surface area contributed by atoms with Crippen LogP contribution in [0.3, 0.4) is 0 Å². The van der Waals surface area contributed by atoms with E-state index in [1.165, 1.54) is 12.8 Å². The molecule has 3 aromatic rings. The molecule has 2 atom stereocenters. The number of aromatic nitrogens is 4. The van der Waals surface area contributed by atoms with E-state index in [2.05, 4.69) is 39.5 Å². The second kappa shape index (κ2) is 7.39. The summed E-state index contributed by atoms with van der Waals surface area (Å²) in [5.41, 5.74) is 2.06. The van der Waals surface area contributed by atoms with E-state index >= 15 is 0 Å². The smallest absolute Gasteiger partial charge is 0.265 e. The Morgan fingerprint density at radius 2 is 2.10 bits per heavy atom. The quantitative estimate of drug-likeness (QED) is 0.697. The summed E-state index contributed by atoms with van der Waals surface area (Å²) in [7, 11) is 0. The minimum absolute atomic E-state index is 0.0162. The molecule has 7 nitrogen and oxygen atoms in total. The molecule has 1 aromatic carbocycles. The summed E-state index contributed by atoms with van der Waals surface area (Å²) in [6.45, 7) is 7.06. The lowest BCUT2D eigenvalue weighted by atomic mass is 9.86. The van der Waals surface area contributed by atoms with Gasteiger partial charge in [-0.3, -0.25) is 19.4 Å².